The van der Waals surface area contributed by atoms with Crippen LogP contribution in [0.4, 0.5) is 0 Å². The molecule has 0 spiro atoms. The van der Waals surface area contributed by atoms with Gasteiger partial charge in [-0.25, -0.2) is 2.72 Å². The van der Waals surface area contributed by atoms with Gasteiger partial charge in [-0.15, -0.1) is 0 Å². The first-order valence-corrected chi connectivity index (χ1v) is 2.72. The first-order valence-electron chi connectivity index (χ1n) is 0.906. The summed E-state index contributed by atoms with van der Waals surface area (Å²) in [7, 11) is -4.17. The summed E-state index contributed by atoms with van der Waals surface area (Å²) in [4.78, 5) is 0. The van der Waals surface area contributed by atoms with Gasteiger partial charge in [0.2, 0.25) is 0 Å². The van der Waals surface area contributed by atoms with E-state index >= 15 is 0 Å². The Morgan fingerprint density at radius 2 is 1.50 bits per heavy atom. The summed E-state index contributed by atoms with van der Waals surface area (Å²) in [5.41, 5.74) is 0. The molecule has 6 heteroatoms. The first kappa shape index (κ1) is 6.90. The van der Waals surface area contributed by atoms with Crippen molar-refractivity contribution in [3.8, 4) is 0 Å². The molecule has 0 rings (SSSR count). The number of hydrogen-bond acceptors (Lipinski definition) is 4. The van der Waals surface area contributed by atoms with Gasteiger partial charge in [0.1, 0.15) is 0 Å². The zero-order valence-electron chi connectivity index (χ0n) is 2.72. The van der Waals surface area contributed by atoms with Gasteiger partial charge in [-0.2, -0.15) is 14.0 Å². The second-order valence-corrected chi connectivity index (χ2v) is 2.12. The largest absolute Gasteiger partial charge is 0.753 e. The number of halogens is 1. The van der Waals surface area contributed by atoms with Crippen LogP contribution in [0.2, 0.25) is 0 Å². The third kappa shape index (κ3) is 4.90. The van der Waals surface area contributed by atoms with E-state index in [1.807, 2.05) is 0 Å². The lowest BCUT2D eigenvalue weighted by molar-refractivity contribution is -1.91. The summed E-state index contributed by atoms with van der Waals surface area (Å²) in [6.07, 6.45) is 0. The molecule has 0 aliphatic rings. The average Bonchev–Trinajstić information content (AvgIpc) is 1.35. The molecular formula is ClMgO4. The third-order valence-electron chi connectivity index (χ3n) is 0.134. The van der Waals surface area contributed by atoms with Crippen molar-refractivity contribution in [1.29, 1.82) is 0 Å². The minimum Gasteiger partial charge on any atom is -0.201 e. The molecule has 0 aromatic carbocycles. The fourth-order valence-electron chi connectivity index (χ4n) is 0. The van der Waals surface area contributed by atoms with Crippen molar-refractivity contribution in [2.24, 2.45) is 0 Å². The molecule has 0 unspecified atom stereocenters. The second-order valence-electron chi connectivity index (χ2n) is 0.487. The minimum atomic E-state index is -4.17. The highest BCUT2D eigenvalue weighted by molar-refractivity contribution is 5.97. The van der Waals surface area contributed by atoms with Crippen LogP contribution in [0.5, 0.6) is 0 Å². The first-order chi connectivity index (χ1) is 2.56. The number of rotatable bonds is 1. The van der Waals surface area contributed by atoms with Gasteiger partial charge in [-0.1, -0.05) is 0 Å². The van der Waals surface area contributed by atoms with Crippen LogP contribution in [-0.2, 0) is 2.72 Å². The second kappa shape index (κ2) is 2.27. The lowest BCUT2D eigenvalue weighted by Crippen LogP contribution is -2.60. The van der Waals surface area contributed by atoms with E-state index in [1.54, 1.807) is 0 Å². The van der Waals surface area contributed by atoms with Crippen molar-refractivity contribution in [1.82, 2.24) is 0 Å². The van der Waals surface area contributed by atoms with E-state index in [-0.39, 0.29) is 0 Å². The van der Waals surface area contributed by atoms with E-state index in [1.165, 1.54) is 0 Å². The van der Waals surface area contributed by atoms with Gasteiger partial charge in [-0.3, -0.25) is 0 Å². The van der Waals surface area contributed by atoms with Crippen molar-refractivity contribution in [2.75, 3.05) is 0 Å². The Morgan fingerprint density at radius 1 is 1.33 bits per heavy atom. The summed E-state index contributed by atoms with van der Waals surface area (Å²) in [6.45, 7) is 0. The van der Waals surface area contributed by atoms with Crippen molar-refractivity contribution >= 4 is 22.1 Å². The molecule has 0 bridgehead atoms. The molecular weight excluding hydrogens is 124 g/mol. The molecule has 0 aromatic heterocycles. The zero-order valence-corrected chi connectivity index (χ0v) is 4.89. The molecule has 6 heavy (non-hydrogen) atoms. The molecule has 0 aliphatic heterocycles. The average molecular weight is 124 g/mol. The van der Waals surface area contributed by atoms with Crippen LogP contribution in [0, 0.1) is 10.2 Å². The molecule has 33 valence electrons. The Morgan fingerprint density at radius 3 is 1.50 bits per heavy atom. The summed E-state index contributed by atoms with van der Waals surface area (Å²) in [5, 5.41) is 0. The molecule has 4 nitrogen and oxygen atoms in total. The van der Waals surface area contributed by atoms with Gasteiger partial charge in [0.15, 0.2) is 0 Å². The predicted octanol–water partition coefficient (Wildman–Crippen LogP) is -4.02. The van der Waals surface area contributed by atoms with Gasteiger partial charge in [-0.05, 0) is 0 Å². The summed E-state index contributed by atoms with van der Waals surface area (Å²) < 4.78 is 31.0. The van der Waals surface area contributed by atoms with Crippen LogP contribution < -0.4 is 14.0 Å². The summed E-state index contributed by atoms with van der Waals surface area (Å²) >= 11 is 0.623. The smallest absolute Gasteiger partial charge is 0.201 e. The van der Waals surface area contributed by atoms with Gasteiger partial charge in [0.05, 0.1) is 0 Å². The number of hydrogen-bond donors (Lipinski definition) is 0. The Balaban J connectivity index is 3.17. The minimum absolute atomic E-state index is 0.623. The van der Waals surface area contributed by atoms with Gasteiger partial charge < -0.3 is 0 Å². The van der Waals surface area contributed by atoms with Crippen LogP contribution in [0.25, 0.3) is 0 Å². The van der Waals surface area contributed by atoms with E-state index in [4.69, 9.17) is 0 Å². The fraction of sp³-hybridized carbons (Fsp3) is 0. The van der Waals surface area contributed by atoms with Gasteiger partial charge in [0, 0.05) is 10.2 Å². The van der Waals surface area contributed by atoms with E-state index in [9.17, 15) is 14.0 Å². The van der Waals surface area contributed by atoms with E-state index in [0.29, 0.717) is 22.1 Å². The summed E-state index contributed by atoms with van der Waals surface area (Å²) in [5.74, 6) is 0. The molecule has 0 heterocycles. The Kier molecular flexibility index (Phi) is 2.61. The molecule has 0 fully saturated rings. The van der Waals surface area contributed by atoms with Crippen LogP contribution in [0.15, 0.2) is 0 Å². The molecule has 0 saturated carbocycles. The summed E-state index contributed by atoms with van der Waals surface area (Å²) in [6, 6.07) is 0. The lowest BCUT2D eigenvalue weighted by atomic mass is 15.8. The van der Waals surface area contributed by atoms with Crippen molar-refractivity contribution in [2.45, 2.75) is 0 Å². The third-order valence-corrected chi connectivity index (χ3v) is 1.20. The van der Waals surface area contributed by atoms with Crippen molar-refractivity contribution in [3.05, 3.63) is 0 Å². The van der Waals surface area contributed by atoms with E-state index in [0.717, 1.165) is 0 Å². The highest BCUT2D eigenvalue weighted by Crippen LogP contribution is 1.76. The molecule has 0 aliphatic carbocycles. The highest BCUT2D eigenvalue weighted by Gasteiger charge is 2.04. The normalized spacial score (nSPS) is 11.7. The van der Waals surface area contributed by atoms with E-state index in [2.05, 4.69) is 2.72 Å². The van der Waals surface area contributed by atoms with Crippen molar-refractivity contribution < 1.29 is 26.9 Å². The van der Waals surface area contributed by atoms with Gasteiger partial charge in [0.25, 0.3) is 0 Å². The Labute approximate surface area is 49.4 Å². The van der Waals surface area contributed by atoms with Crippen LogP contribution in [0.1, 0.15) is 0 Å². The maximum atomic E-state index is 9.20. The van der Waals surface area contributed by atoms with Crippen molar-refractivity contribution in [3.63, 3.8) is 0 Å². The van der Waals surface area contributed by atoms with E-state index < -0.39 is 10.2 Å². The predicted molar refractivity (Wildman–Crippen MR) is 6.84 cm³/mol. The molecule has 0 N–H and O–H groups in total. The standard InChI is InChI=1S/ClHO4.Mg/c2-1(3,4)5;/h(H,2,3,4,5);/q;+1/p-1. The topological polar surface area (TPSA) is 78.4 Å². The maximum Gasteiger partial charge on any atom is 0.753 e. The molecule has 0 aromatic rings. The molecule has 0 atom stereocenters. The fourth-order valence-corrected chi connectivity index (χ4v) is 0. The molecule has 0 saturated heterocycles. The maximum absolute atomic E-state index is 9.20. The Hall–Kier alpha value is 0.896. The van der Waals surface area contributed by atoms with Crippen LogP contribution >= 0.6 is 0 Å². The zero-order chi connectivity index (χ0) is 5.21. The SMILES string of the molecule is [O-][Cl+3]([O-])([O-])[O][Mg]. The highest BCUT2D eigenvalue weighted by atomic mass is 35.7. The quantitative estimate of drug-likeness (QED) is 0.333. The molecule has 0 amide bonds. The monoisotopic (exact) mass is 123 g/mol. The van der Waals surface area contributed by atoms with Gasteiger partial charge >= 0.3 is 22.1 Å². The van der Waals surface area contributed by atoms with Crippen LogP contribution in [-0.4, -0.2) is 22.1 Å². The van der Waals surface area contributed by atoms with Crippen LogP contribution in [0.3, 0.4) is 0 Å². The molecule has 1 radical (unpaired) electrons. The Bertz CT molecular complexity index is 37.3. The lowest BCUT2D eigenvalue weighted by Gasteiger charge is -2.14.